The average molecular weight is 272 g/mol. The standard InChI is InChI=1S/C11H11BrFNO/c1-6(2)14-5-7-3-9(12)10(13)4-8(7)11(14)15/h3-4,6H,5H2,1-2H3. The summed E-state index contributed by atoms with van der Waals surface area (Å²) in [5, 5.41) is 0. The van der Waals surface area contributed by atoms with Crippen molar-refractivity contribution in [1.29, 1.82) is 0 Å². The molecule has 0 saturated carbocycles. The smallest absolute Gasteiger partial charge is 0.254 e. The van der Waals surface area contributed by atoms with E-state index < -0.39 is 0 Å². The van der Waals surface area contributed by atoms with Gasteiger partial charge in [0.15, 0.2) is 0 Å². The van der Waals surface area contributed by atoms with Gasteiger partial charge < -0.3 is 4.90 Å². The average Bonchev–Trinajstić information content (AvgIpc) is 2.46. The molecule has 1 aliphatic heterocycles. The Kier molecular flexibility index (Phi) is 2.54. The zero-order valence-electron chi connectivity index (χ0n) is 8.55. The molecule has 80 valence electrons. The lowest BCUT2D eigenvalue weighted by Crippen LogP contribution is -2.30. The maximum Gasteiger partial charge on any atom is 0.254 e. The third-order valence-corrected chi connectivity index (χ3v) is 3.21. The lowest BCUT2D eigenvalue weighted by atomic mass is 10.1. The number of benzene rings is 1. The van der Waals surface area contributed by atoms with Gasteiger partial charge in [0.05, 0.1) is 4.47 Å². The highest BCUT2D eigenvalue weighted by atomic mass is 79.9. The van der Waals surface area contributed by atoms with Gasteiger partial charge in [-0.3, -0.25) is 4.79 Å². The van der Waals surface area contributed by atoms with Crippen LogP contribution >= 0.6 is 15.9 Å². The topological polar surface area (TPSA) is 20.3 Å². The van der Waals surface area contributed by atoms with Crippen molar-refractivity contribution in [3.8, 4) is 0 Å². The molecule has 2 rings (SSSR count). The minimum absolute atomic E-state index is 0.0774. The van der Waals surface area contributed by atoms with Crippen LogP contribution in [0.25, 0.3) is 0 Å². The minimum Gasteiger partial charge on any atom is -0.332 e. The summed E-state index contributed by atoms with van der Waals surface area (Å²) in [6.45, 7) is 4.48. The van der Waals surface area contributed by atoms with Crippen molar-refractivity contribution in [1.82, 2.24) is 4.90 Å². The molecule has 0 radical (unpaired) electrons. The fourth-order valence-corrected chi connectivity index (χ4v) is 2.14. The third kappa shape index (κ3) is 1.67. The highest BCUT2D eigenvalue weighted by molar-refractivity contribution is 9.10. The van der Waals surface area contributed by atoms with Crippen LogP contribution in [-0.4, -0.2) is 16.8 Å². The number of amides is 1. The monoisotopic (exact) mass is 271 g/mol. The van der Waals surface area contributed by atoms with Crippen LogP contribution in [0.2, 0.25) is 0 Å². The Morgan fingerprint density at radius 3 is 2.73 bits per heavy atom. The summed E-state index contributed by atoms with van der Waals surface area (Å²) in [5.74, 6) is -0.459. The van der Waals surface area contributed by atoms with Gasteiger partial charge in [-0.05, 0) is 47.5 Å². The second-order valence-electron chi connectivity index (χ2n) is 3.95. The molecule has 1 aliphatic rings. The van der Waals surface area contributed by atoms with Gasteiger partial charge in [-0.1, -0.05) is 0 Å². The Hall–Kier alpha value is -0.900. The van der Waals surface area contributed by atoms with Crippen molar-refractivity contribution in [3.63, 3.8) is 0 Å². The molecule has 0 aliphatic carbocycles. The molecule has 1 aromatic rings. The molecule has 1 amide bonds. The lowest BCUT2D eigenvalue weighted by molar-refractivity contribution is 0.0730. The van der Waals surface area contributed by atoms with Gasteiger partial charge >= 0.3 is 0 Å². The quantitative estimate of drug-likeness (QED) is 0.769. The third-order valence-electron chi connectivity index (χ3n) is 2.60. The van der Waals surface area contributed by atoms with E-state index in [0.29, 0.717) is 16.6 Å². The maximum atomic E-state index is 13.3. The van der Waals surface area contributed by atoms with Crippen LogP contribution in [0.4, 0.5) is 4.39 Å². The molecule has 0 unspecified atom stereocenters. The predicted molar refractivity (Wildman–Crippen MR) is 59.1 cm³/mol. The largest absolute Gasteiger partial charge is 0.332 e. The van der Waals surface area contributed by atoms with E-state index >= 15 is 0 Å². The maximum absolute atomic E-state index is 13.3. The number of carbonyl (C=O) groups excluding carboxylic acids is 1. The van der Waals surface area contributed by atoms with Crippen LogP contribution in [0, 0.1) is 5.82 Å². The van der Waals surface area contributed by atoms with Gasteiger partial charge in [0.1, 0.15) is 5.82 Å². The molecule has 0 atom stereocenters. The highest BCUT2D eigenvalue weighted by Crippen LogP contribution is 2.29. The van der Waals surface area contributed by atoms with Crippen LogP contribution in [0.5, 0.6) is 0 Å². The van der Waals surface area contributed by atoms with Gasteiger partial charge in [-0.2, -0.15) is 0 Å². The lowest BCUT2D eigenvalue weighted by Gasteiger charge is -2.19. The summed E-state index contributed by atoms with van der Waals surface area (Å²) < 4.78 is 13.7. The molecule has 0 aromatic heterocycles. The van der Waals surface area contributed by atoms with Gasteiger partial charge in [0.2, 0.25) is 0 Å². The van der Waals surface area contributed by atoms with Crippen LogP contribution in [0.1, 0.15) is 29.8 Å². The Balaban J connectivity index is 2.46. The van der Waals surface area contributed by atoms with Crippen molar-refractivity contribution < 1.29 is 9.18 Å². The van der Waals surface area contributed by atoms with Gasteiger partial charge in [0.25, 0.3) is 5.91 Å². The van der Waals surface area contributed by atoms with E-state index in [4.69, 9.17) is 0 Å². The molecule has 0 bridgehead atoms. The van der Waals surface area contributed by atoms with E-state index in [1.807, 2.05) is 13.8 Å². The fraction of sp³-hybridized carbons (Fsp3) is 0.364. The first-order valence-corrected chi connectivity index (χ1v) is 5.59. The number of nitrogens with zero attached hydrogens (tertiary/aromatic N) is 1. The van der Waals surface area contributed by atoms with Crippen molar-refractivity contribution >= 4 is 21.8 Å². The molecule has 0 saturated heterocycles. The van der Waals surface area contributed by atoms with Gasteiger partial charge in [0, 0.05) is 18.2 Å². The van der Waals surface area contributed by atoms with E-state index in [9.17, 15) is 9.18 Å². The molecule has 4 heteroatoms. The van der Waals surface area contributed by atoms with Crippen LogP contribution in [0.15, 0.2) is 16.6 Å². The van der Waals surface area contributed by atoms with Gasteiger partial charge in [-0.15, -0.1) is 0 Å². The fourth-order valence-electron chi connectivity index (χ4n) is 1.75. The number of carbonyl (C=O) groups is 1. The molecular formula is C11H11BrFNO. The van der Waals surface area contributed by atoms with Crippen LogP contribution < -0.4 is 0 Å². The Labute approximate surface area is 96.2 Å². The molecule has 1 aromatic carbocycles. The van der Waals surface area contributed by atoms with Crippen LogP contribution in [-0.2, 0) is 6.54 Å². The molecule has 0 fully saturated rings. The Morgan fingerprint density at radius 2 is 2.13 bits per heavy atom. The highest BCUT2D eigenvalue weighted by Gasteiger charge is 2.29. The zero-order valence-corrected chi connectivity index (χ0v) is 10.1. The molecule has 15 heavy (non-hydrogen) atoms. The second-order valence-corrected chi connectivity index (χ2v) is 4.80. The SMILES string of the molecule is CC(C)N1Cc2cc(Br)c(F)cc2C1=O. The Morgan fingerprint density at radius 1 is 1.47 bits per heavy atom. The van der Waals surface area contributed by atoms with E-state index in [1.165, 1.54) is 6.07 Å². The molecular weight excluding hydrogens is 261 g/mol. The number of fused-ring (bicyclic) bond motifs is 1. The number of halogens is 2. The summed E-state index contributed by atoms with van der Waals surface area (Å²) in [5.41, 5.74) is 1.38. The van der Waals surface area contributed by atoms with Crippen molar-refractivity contribution in [2.75, 3.05) is 0 Å². The Bertz CT molecular complexity index is 431. The van der Waals surface area contributed by atoms with E-state index in [0.717, 1.165) is 5.56 Å². The number of rotatable bonds is 1. The summed E-state index contributed by atoms with van der Waals surface area (Å²) in [4.78, 5) is 13.6. The first-order valence-electron chi connectivity index (χ1n) is 4.79. The minimum atomic E-state index is -0.382. The molecule has 0 N–H and O–H groups in total. The summed E-state index contributed by atoms with van der Waals surface area (Å²) in [6.07, 6.45) is 0. The first-order chi connectivity index (χ1) is 7.00. The predicted octanol–water partition coefficient (Wildman–Crippen LogP) is 2.95. The normalized spacial score (nSPS) is 15.0. The van der Waals surface area contributed by atoms with Crippen LogP contribution in [0.3, 0.4) is 0 Å². The van der Waals surface area contributed by atoms with Crippen molar-refractivity contribution in [2.45, 2.75) is 26.4 Å². The summed E-state index contributed by atoms with van der Waals surface area (Å²) in [6, 6.07) is 3.14. The number of hydrogen-bond acceptors (Lipinski definition) is 1. The van der Waals surface area contributed by atoms with E-state index in [2.05, 4.69) is 15.9 Å². The number of hydrogen-bond donors (Lipinski definition) is 0. The molecule has 0 spiro atoms. The molecule has 1 heterocycles. The van der Waals surface area contributed by atoms with E-state index in [1.54, 1.807) is 11.0 Å². The van der Waals surface area contributed by atoms with E-state index in [-0.39, 0.29) is 17.8 Å². The first kappa shape index (κ1) is 10.6. The summed E-state index contributed by atoms with van der Waals surface area (Å²) in [7, 11) is 0. The van der Waals surface area contributed by atoms with Crippen molar-refractivity contribution in [2.24, 2.45) is 0 Å². The zero-order chi connectivity index (χ0) is 11.2. The second kappa shape index (κ2) is 3.59. The molecule has 2 nitrogen and oxygen atoms in total. The van der Waals surface area contributed by atoms with Gasteiger partial charge in [-0.25, -0.2) is 4.39 Å². The van der Waals surface area contributed by atoms with Crippen molar-refractivity contribution in [3.05, 3.63) is 33.5 Å². The summed E-state index contributed by atoms with van der Waals surface area (Å²) >= 11 is 3.12.